The van der Waals surface area contributed by atoms with Crippen molar-refractivity contribution in [2.45, 2.75) is 25.3 Å². The maximum Gasteiger partial charge on any atom is 0.229 e. The first-order chi connectivity index (χ1) is 6.52. The van der Waals surface area contributed by atoms with Gasteiger partial charge in [-0.15, -0.1) is 0 Å². The van der Waals surface area contributed by atoms with Crippen LogP contribution in [-0.4, -0.2) is 35.8 Å². The van der Waals surface area contributed by atoms with Gasteiger partial charge in [0.2, 0.25) is 11.8 Å². The van der Waals surface area contributed by atoms with E-state index in [1.807, 2.05) is 6.07 Å². The second-order valence-electron chi connectivity index (χ2n) is 3.57. The lowest BCUT2D eigenvalue weighted by Gasteiger charge is -2.25. The summed E-state index contributed by atoms with van der Waals surface area (Å²) in [6, 6.07) is 2.04. The minimum atomic E-state index is -0.852. The Labute approximate surface area is 82.7 Å². The van der Waals surface area contributed by atoms with Crippen molar-refractivity contribution in [1.29, 1.82) is 5.26 Å². The third-order valence-electron chi connectivity index (χ3n) is 2.43. The van der Waals surface area contributed by atoms with Crippen LogP contribution in [-0.2, 0) is 9.59 Å². The molecule has 0 saturated carbocycles. The highest BCUT2D eigenvalue weighted by atomic mass is 16.2. The molecule has 2 amide bonds. The van der Waals surface area contributed by atoms with Gasteiger partial charge in [-0.2, -0.15) is 5.26 Å². The average molecular weight is 195 g/mol. The van der Waals surface area contributed by atoms with E-state index < -0.39 is 5.54 Å². The van der Waals surface area contributed by atoms with Crippen LogP contribution >= 0.6 is 0 Å². The summed E-state index contributed by atoms with van der Waals surface area (Å²) in [5.41, 5.74) is -0.852. The molecule has 0 aliphatic carbocycles. The van der Waals surface area contributed by atoms with E-state index in [0.717, 1.165) is 4.90 Å². The highest BCUT2D eigenvalue weighted by Crippen LogP contribution is 2.15. The molecule has 1 N–H and O–H groups in total. The van der Waals surface area contributed by atoms with Gasteiger partial charge in [0, 0.05) is 12.8 Å². The largest absolute Gasteiger partial charge is 0.301 e. The first-order valence-corrected chi connectivity index (χ1v) is 4.46. The second kappa shape index (κ2) is 3.76. The minimum absolute atomic E-state index is 0.123. The van der Waals surface area contributed by atoms with Crippen molar-refractivity contribution in [2.75, 3.05) is 13.6 Å². The predicted octanol–water partition coefficient (Wildman–Crippen LogP) is -0.363. The molecule has 5 heteroatoms. The van der Waals surface area contributed by atoms with Gasteiger partial charge in [-0.1, -0.05) is 0 Å². The third-order valence-corrected chi connectivity index (χ3v) is 2.43. The van der Waals surface area contributed by atoms with Gasteiger partial charge in [-0.25, -0.2) is 0 Å². The van der Waals surface area contributed by atoms with E-state index in [4.69, 9.17) is 5.26 Å². The van der Waals surface area contributed by atoms with Gasteiger partial charge in [0.25, 0.3) is 0 Å². The van der Waals surface area contributed by atoms with Crippen molar-refractivity contribution < 1.29 is 9.59 Å². The summed E-state index contributed by atoms with van der Waals surface area (Å²) in [7, 11) is 1.63. The number of hydrogen-bond donors (Lipinski definition) is 1. The molecular weight excluding hydrogens is 182 g/mol. The molecule has 1 unspecified atom stereocenters. The number of nitrogens with zero attached hydrogens (tertiary/aromatic N) is 2. The zero-order chi connectivity index (χ0) is 10.8. The van der Waals surface area contributed by atoms with Crippen LogP contribution in [0.25, 0.3) is 0 Å². The lowest BCUT2D eigenvalue weighted by Crippen LogP contribution is -2.50. The van der Waals surface area contributed by atoms with Gasteiger partial charge in [-0.05, 0) is 14.0 Å². The van der Waals surface area contributed by atoms with E-state index in [0.29, 0.717) is 0 Å². The molecule has 1 heterocycles. The molecule has 1 aliphatic heterocycles. The number of hydrogen-bond acceptors (Lipinski definition) is 4. The fraction of sp³-hybridized carbons (Fsp3) is 0.667. The summed E-state index contributed by atoms with van der Waals surface area (Å²) >= 11 is 0. The molecular formula is C9H13N3O2. The van der Waals surface area contributed by atoms with Crippen molar-refractivity contribution in [2.24, 2.45) is 0 Å². The summed E-state index contributed by atoms with van der Waals surface area (Å²) in [5, 5.41) is 11.6. The molecule has 76 valence electrons. The van der Waals surface area contributed by atoms with Gasteiger partial charge in [0.1, 0.15) is 5.54 Å². The molecule has 1 rings (SSSR count). The minimum Gasteiger partial charge on any atom is -0.301 e. The van der Waals surface area contributed by atoms with Crippen molar-refractivity contribution in [3.05, 3.63) is 0 Å². The topological polar surface area (TPSA) is 73.2 Å². The van der Waals surface area contributed by atoms with E-state index in [9.17, 15) is 9.59 Å². The zero-order valence-corrected chi connectivity index (χ0v) is 8.33. The molecule has 14 heavy (non-hydrogen) atoms. The van der Waals surface area contributed by atoms with Crippen LogP contribution in [0.3, 0.4) is 0 Å². The van der Waals surface area contributed by atoms with Crippen LogP contribution in [0.2, 0.25) is 0 Å². The van der Waals surface area contributed by atoms with Gasteiger partial charge in [0.15, 0.2) is 0 Å². The number of likely N-dealkylation sites (N-methyl/N-ethyl adjacent to an activating group) is 1. The fourth-order valence-corrected chi connectivity index (χ4v) is 1.29. The lowest BCUT2D eigenvalue weighted by atomic mass is 10.0. The number of carbonyl (C=O) groups excluding carboxylic acids is 2. The Morgan fingerprint density at radius 3 is 2.36 bits per heavy atom. The van der Waals surface area contributed by atoms with Gasteiger partial charge in [0.05, 0.1) is 12.6 Å². The lowest BCUT2D eigenvalue weighted by molar-refractivity contribution is -0.139. The van der Waals surface area contributed by atoms with E-state index in [-0.39, 0.29) is 31.2 Å². The molecule has 0 radical (unpaired) electrons. The summed E-state index contributed by atoms with van der Waals surface area (Å²) < 4.78 is 0. The van der Waals surface area contributed by atoms with Crippen molar-refractivity contribution >= 4 is 11.8 Å². The SMILES string of the molecule is CNC(C)(C#N)CN1C(=O)CCC1=O. The Bertz CT molecular complexity index is 292. The fourth-order valence-electron chi connectivity index (χ4n) is 1.29. The normalized spacial score (nSPS) is 20.8. The van der Waals surface area contributed by atoms with Crippen LogP contribution in [0.1, 0.15) is 19.8 Å². The third kappa shape index (κ3) is 1.91. The number of nitrogens with one attached hydrogen (secondary N) is 1. The smallest absolute Gasteiger partial charge is 0.229 e. The van der Waals surface area contributed by atoms with Gasteiger partial charge in [-0.3, -0.25) is 14.5 Å². The molecule has 0 aromatic heterocycles. The van der Waals surface area contributed by atoms with Crippen molar-refractivity contribution in [1.82, 2.24) is 10.2 Å². The molecule has 1 fully saturated rings. The number of imide groups is 1. The van der Waals surface area contributed by atoms with Crippen molar-refractivity contribution in [3.8, 4) is 6.07 Å². The predicted molar refractivity (Wildman–Crippen MR) is 49.0 cm³/mol. The van der Waals surface area contributed by atoms with Gasteiger partial charge < -0.3 is 5.32 Å². The first-order valence-electron chi connectivity index (χ1n) is 4.46. The highest BCUT2D eigenvalue weighted by Gasteiger charge is 2.35. The first kappa shape index (κ1) is 10.7. The molecule has 1 saturated heterocycles. The number of amides is 2. The van der Waals surface area contributed by atoms with Gasteiger partial charge >= 0.3 is 0 Å². The van der Waals surface area contributed by atoms with E-state index in [1.54, 1.807) is 14.0 Å². The van der Waals surface area contributed by atoms with Crippen molar-refractivity contribution in [3.63, 3.8) is 0 Å². The molecule has 0 bridgehead atoms. The highest BCUT2D eigenvalue weighted by molar-refractivity contribution is 6.02. The number of likely N-dealkylation sites (tertiary alicyclic amines) is 1. The Kier molecular flexibility index (Phi) is 2.87. The number of carbonyl (C=O) groups is 2. The van der Waals surface area contributed by atoms with E-state index >= 15 is 0 Å². The second-order valence-corrected chi connectivity index (χ2v) is 3.57. The summed E-state index contributed by atoms with van der Waals surface area (Å²) in [5.74, 6) is -0.376. The van der Waals surface area contributed by atoms with Crippen LogP contribution < -0.4 is 5.32 Å². The van der Waals surface area contributed by atoms with E-state index in [2.05, 4.69) is 5.32 Å². The quantitative estimate of drug-likeness (QED) is 0.624. The van der Waals surface area contributed by atoms with Crippen LogP contribution in [0, 0.1) is 11.3 Å². The Balaban J connectivity index is 2.73. The molecule has 1 aliphatic rings. The average Bonchev–Trinajstić information content (AvgIpc) is 2.49. The molecule has 0 aromatic carbocycles. The number of rotatable bonds is 3. The monoisotopic (exact) mass is 195 g/mol. The molecule has 0 aromatic rings. The summed E-state index contributed by atoms with van der Waals surface area (Å²) in [4.78, 5) is 23.7. The molecule has 0 spiro atoms. The molecule has 5 nitrogen and oxygen atoms in total. The summed E-state index contributed by atoms with van der Waals surface area (Å²) in [6.45, 7) is 1.78. The maximum atomic E-state index is 11.3. The Morgan fingerprint density at radius 1 is 1.50 bits per heavy atom. The van der Waals surface area contributed by atoms with Crippen LogP contribution in [0.15, 0.2) is 0 Å². The van der Waals surface area contributed by atoms with E-state index in [1.165, 1.54) is 0 Å². The Hall–Kier alpha value is -1.41. The standard InChI is InChI=1S/C9H13N3O2/c1-9(5-10,11-2)6-12-7(13)3-4-8(12)14/h11H,3-4,6H2,1-2H3. The zero-order valence-electron chi connectivity index (χ0n) is 8.33. The maximum absolute atomic E-state index is 11.3. The molecule has 1 atom stereocenters. The Morgan fingerprint density at radius 2 is 2.00 bits per heavy atom. The number of nitriles is 1. The summed E-state index contributed by atoms with van der Waals surface area (Å²) in [6.07, 6.45) is 0.536. The van der Waals surface area contributed by atoms with Crippen LogP contribution in [0.4, 0.5) is 0 Å². The van der Waals surface area contributed by atoms with Crippen LogP contribution in [0.5, 0.6) is 0 Å².